The van der Waals surface area contributed by atoms with Gasteiger partial charge >= 0.3 is 0 Å². The molecule has 1 aliphatic rings. The van der Waals surface area contributed by atoms with E-state index in [1.165, 1.54) is 36.4 Å². The van der Waals surface area contributed by atoms with Crippen LogP contribution in [0.2, 0.25) is 10.0 Å². The second-order valence-corrected chi connectivity index (χ2v) is 8.03. The van der Waals surface area contributed by atoms with Crippen LogP contribution in [0.1, 0.15) is 23.2 Å². The molecule has 24 heavy (non-hydrogen) atoms. The van der Waals surface area contributed by atoms with E-state index in [9.17, 15) is 13.2 Å². The van der Waals surface area contributed by atoms with Crippen LogP contribution >= 0.6 is 23.2 Å². The number of amides is 1. The molecular weight excluding hydrogens is 371 g/mol. The Kier molecular flexibility index (Phi) is 4.71. The molecule has 2 N–H and O–H groups in total. The van der Waals surface area contributed by atoms with E-state index in [0.29, 0.717) is 10.6 Å². The van der Waals surface area contributed by atoms with Gasteiger partial charge in [-0.1, -0.05) is 23.2 Å². The fraction of sp³-hybridized carbons (Fsp3) is 0.188. The first-order valence-electron chi connectivity index (χ1n) is 7.24. The third kappa shape index (κ3) is 4.01. The van der Waals surface area contributed by atoms with Gasteiger partial charge in [-0.15, -0.1) is 0 Å². The van der Waals surface area contributed by atoms with Crippen LogP contribution in [0.3, 0.4) is 0 Å². The lowest BCUT2D eigenvalue weighted by Crippen LogP contribution is -2.25. The average Bonchev–Trinajstić information content (AvgIpc) is 3.35. The van der Waals surface area contributed by atoms with Crippen LogP contribution in [0, 0.1) is 0 Å². The Balaban J connectivity index is 1.79. The Morgan fingerprint density at radius 3 is 2.33 bits per heavy atom. The minimum Gasteiger partial charge on any atom is -0.349 e. The zero-order valence-electron chi connectivity index (χ0n) is 12.4. The maximum Gasteiger partial charge on any atom is 0.261 e. The predicted molar refractivity (Wildman–Crippen MR) is 94.2 cm³/mol. The smallest absolute Gasteiger partial charge is 0.261 e. The lowest BCUT2D eigenvalue weighted by molar-refractivity contribution is 0.0951. The third-order valence-corrected chi connectivity index (χ3v) is 5.46. The SMILES string of the molecule is O=C(NC1CC1)c1ccc(S(=O)(=O)Nc2cc(Cl)ccc2Cl)cc1. The number of sulfonamides is 1. The summed E-state index contributed by atoms with van der Waals surface area (Å²) >= 11 is 11.8. The van der Waals surface area contributed by atoms with Crippen LogP contribution in [-0.2, 0) is 10.0 Å². The topological polar surface area (TPSA) is 75.3 Å². The summed E-state index contributed by atoms with van der Waals surface area (Å²) in [6.07, 6.45) is 1.98. The van der Waals surface area contributed by atoms with Crippen molar-refractivity contribution in [3.8, 4) is 0 Å². The van der Waals surface area contributed by atoms with E-state index in [4.69, 9.17) is 23.2 Å². The molecule has 3 rings (SSSR count). The molecule has 0 atom stereocenters. The largest absolute Gasteiger partial charge is 0.349 e. The quantitative estimate of drug-likeness (QED) is 0.825. The summed E-state index contributed by atoms with van der Waals surface area (Å²) in [6.45, 7) is 0. The lowest BCUT2D eigenvalue weighted by Gasteiger charge is -2.10. The van der Waals surface area contributed by atoms with Gasteiger partial charge < -0.3 is 5.32 Å². The summed E-state index contributed by atoms with van der Waals surface area (Å²) < 4.78 is 27.2. The standard InChI is InChI=1S/C16H14Cl2N2O3S/c17-11-3-8-14(18)15(9-11)20-24(22,23)13-6-1-10(2-7-13)16(21)19-12-4-5-12/h1-3,6-9,12,20H,4-5H2,(H,19,21). The molecule has 1 saturated carbocycles. The van der Waals surface area contributed by atoms with Gasteiger partial charge in [-0.3, -0.25) is 9.52 Å². The van der Waals surface area contributed by atoms with E-state index in [2.05, 4.69) is 10.0 Å². The number of hydrogen-bond donors (Lipinski definition) is 2. The van der Waals surface area contributed by atoms with Crippen molar-refractivity contribution in [3.63, 3.8) is 0 Å². The highest BCUT2D eigenvalue weighted by Crippen LogP contribution is 2.28. The molecular formula is C16H14Cl2N2O3S. The molecule has 1 amide bonds. The summed E-state index contributed by atoms with van der Waals surface area (Å²) in [6, 6.07) is 10.5. The zero-order chi connectivity index (χ0) is 17.3. The molecule has 2 aromatic carbocycles. The molecule has 0 spiro atoms. The van der Waals surface area contributed by atoms with Gasteiger partial charge in [0.15, 0.2) is 0 Å². The van der Waals surface area contributed by atoms with Crippen LogP contribution in [0.25, 0.3) is 0 Å². The summed E-state index contributed by atoms with van der Waals surface area (Å²) in [5.74, 6) is -0.202. The first kappa shape index (κ1) is 17.1. The molecule has 8 heteroatoms. The van der Waals surface area contributed by atoms with Gasteiger partial charge in [-0.25, -0.2) is 8.42 Å². The molecule has 0 bridgehead atoms. The number of hydrogen-bond acceptors (Lipinski definition) is 3. The van der Waals surface area contributed by atoms with Crippen molar-refractivity contribution in [2.75, 3.05) is 4.72 Å². The highest BCUT2D eigenvalue weighted by atomic mass is 35.5. The van der Waals surface area contributed by atoms with E-state index < -0.39 is 10.0 Å². The van der Waals surface area contributed by atoms with Gasteiger partial charge in [-0.2, -0.15) is 0 Å². The van der Waals surface area contributed by atoms with Gasteiger partial charge in [0.1, 0.15) is 0 Å². The summed E-state index contributed by atoms with van der Waals surface area (Å²) in [7, 11) is -3.83. The Labute approximate surface area is 150 Å². The van der Waals surface area contributed by atoms with Crippen molar-refractivity contribution in [3.05, 3.63) is 58.1 Å². The molecule has 2 aromatic rings. The van der Waals surface area contributed by atoms with E-state index >= 15 is 0 Å². The summed E-state index contributed by atoms with van der Waals surface area (Å²) in [5.41, 5.74) is 0.612. The Hall–Kier alpha value is -1.76. The van der Waals surface area contributed by atoms with Crippen molar-refractivity contribution in [2.24, 2.45) is 0 Å². The van der Waals surface area contributed by atoms with Crippen molar-refractivity contribution in [2.45, 2.75) is 23.8 Å². The van der Waals surface area contributed by atoms with Gasteiger partial charge in [0, 0.05) is 16.6 Å². The van der Waals surface area contributed by atoms with Crippen molar-refractivity contribution >= 4 is 44.8 Å². The molecule has 0 radical (unpaired) electrons. The molecule has 1 aliphatic carbocycles. The summed E-state index contributed by atoms with van der Waals surface area (Å²) in [4.78, 5) is 12.0. The van der Waals surface area contributed by atoms with E-state index in [1.807, 2.05) is 0 Å². The van der Waals surface area contributed by atoms with E-state index in [1.54, 1.807) is 6.07 Å². The Morgan fingerprint density at radius 2 is 1.71 bits per heavy atom. The normalized spacial score (nSPS) is 14.2. The van der Waals surface area contributed by atoms with E-state index in [0.717, 1.165) is 12.8 Å². The highest BCUT2D eigenvalue weighted by molar-refractivity contribution is 7.92. The number of benzene rings is 2. The fourth-order valence-corrected chi connectivity index (χ4v) is 3.52. The number of halogens is 2. The maximum atomic E-state index is 12.4. The highest BCUT2D eigenvalue weighted by Gasteiger charge is 2.24. The van der Waals surface area contributed by atoms with Gasteiger partial charge in [0.25, 0.3) is 15.9 Å². The third-order valence-electron chi connectivity index (χ3n) is 3.51. The zero-order valence-corrected chi connectivity index (χ0v) is 14.8. The van der Waals surface area contributed by atoms with Crippen LogP contribution in [-0.4, -0.2) is 20.4 Å². The van der Waals surface area contributed by atoms with Crippen LogP contribution < -0.4 is 10.0 Å². The first-order valence-corrected chi connectivity index (χ1v) is 9.48. The lowest BCUT2D eigenvalue weighted by atomic mass is 10.2. The molecule has 0 aliphatic heterocycles. The molecule has 126 valence electrons. The van der Waals surface area contributed by atoms with Crippen molar-refractivity contribution < 1.29 is 13.2 Å². The van der Waals surface area contributed by atoms with Crippen LogP contribution in [0.15, 0.2) is 47.4 Å². The second-order valence-electron chi connectivity index (χ2n) is 5.50. The number of rotatable bonds is 5. The molecule has 0 saturated heterocycles. The Bertz CT molecular complexity index is 879. The summed E-state index contributed by atoms with van der Waals surface area (Å²) in [5, 5.41) is 3.45. The number of carbonyl (C=O) groups excluding carboxylic acids is 1. The number of nitrogens with one attached hydrogen (secondary N) is 2. The predicted octanol–water partition coefficient (Wildman–Crippen LogP) is 3.69. The fourth-order valence-electron chi connectivity index (χ4n) is 2.06. The monoisotopic (exact) mass is 384 g/mol. The van der Waals surface area contributed by atoms with Gasteiger partial charge in [-0.05, 0) is 55.3 Å². The van der Waals surface area contributed by atoms with Crippen LogP contribution in [0.5, 0.6) is 0 Å². The second kappa shape index (κ2) is 6.63. The molecule has 0 aromatic heterocycles. The average molecular weight is 385 g/mol. The van der Waals surface area contributed by atoms with Crippen molar-refractivity contribution in [1.82, 2.24) is 5.32 Å². The number of carbonyl (C=O) groups is 1. The Morgan fingerprint density at radius 1 is 1.04 bits per heavy atom. The van der Waals surface area contributed by atoms with Crippen molar-refractivity contribution in [1.29, 1.82) is 0 Å². The first-order chi connectivity index (χ1) is 11.3. The van der Waals surface area contributed by atoms with Gasteiger partial charge in [0.05, 0.1) is 15.6 Å². The molecule has 1 fully saturated rings. The molecule has 0 heterocycles. The van der Waals surface area contributed by atoms with E-state index in [-0.39, 0.29) is 27.6 Å². The van der Waals surface area contributed by atoms with Crippen LogP contribution in [0.4, 0.5) is 5.69 Å². The number of anilines is 1. The maximum absolute atomic E-state index is 12.4. The molecule has 0 unspecified atom stereocenters. The van der Waals surface area contributed by atoms with Gasteiger partial charge in [0.2, 0.25) is 0 Å². The minimum atomic E-state index is -3.83. The molecule has 5 nitrogen and oxygen atoms in total. The minimum absolute atomic E-state index is 0.0292.